The van der Waals surface area contributed by atoms with Gasteiger partial charge in [0.25, 0.3) is 0 Å². The van der Waals surface area contributed by atoms with E-state index in [4.69, 9.17) is 9.84 Å². The van der Waals surface area contributed by atoms with Gasteiger partial charge in [-0.05, 0) is 5.41 Å². The summed E-state index contributed by atoms with van der Waals surface area (Å²) in [6.45, 7) is 4.43. The molecule has 0 radical (unpaired) electrons. The van der Waals surface area contributed by atoms with E-state index in [0.29, 0.717) is 0 Å². The van der Waals surface area contributed by atoms with Gasteiger partial charge in [0.15, 0.2) is 6.61 Å². The first-order valence-electron chi connectivity index (χ1n) is 5.06. The molecular formula is C12H14F2O3. The third-order valence-corrected chi connectivity index (χ3v) is 2.13. The fourth-order valence-electron chi connectivity index (χ4n) is 1.49. The molecule has 0 saturated carbocycles. The Morgan fingerprint density at radius 3 is 2.12 bits per heavy atom. The Kier molecular flexibility index (Phi) is 3.70. The highest BCUT2D eigenvalue weighted by atomic mass is 19.1. The molecule has 0 aromatic heterocycles. The van der Waals surface area contributed by atoms with Crippen molar-refractivity contribution in [2.75, 3.05) is 6.61 Å². The Hall–Kier alpha value is -1.65. The zero-order valence-electron chi connectivity index (χ0n) is 9.88. The second-order valence-electron chi connectivity index (χ2n) is 4.69. The van der Waals surface area contributed by atoms with Crippen LogP contribution in [0, 0.1) is 11.6 Å². The van der Waals surface area contributed by atoms with Gasteiger partial charge in [0.1, 0.15) is 17.4 Å². The molecule has 5 heteroatoms. The van der Waals surface area contributed by atoms with Crippen molar-refractivity contribution < 1.29 is 23.4 Å². The Morgan fingerprint density at radius 2 is 1.76 bits per heavy atom. The number of benzene rings is 1. The van der Waals surface area contributed by atoms with E-state index in [-0.39, 0.29) is 11.3 Å². The summed E-state index contributed by atoms with van der Waals surface area (Å²) in [5.74, 6) is -2.81. The van der Waals surface area contributed by atoms with Gasteiger partial charge in [0.2, 0.25) is 0 Å². The SMILES string of the molecule is CC(C)(C)c1c(F)cc(OCC(=O)O)cc1F. The van der Waals surface area contributed by atoms with Gasteiger partial charge in [0, 0.05) is 17.7 Å². The summed E-state index contributed by atoms with van der Waals surface area (Å²) in [4.78, 5) is 10.3. The molecule has 0 aliphatic heterocycles. The zero-order valence-corrected chi connectivity index (χ0v) is 9.88. The maximum Gasteiger partial charge on any atom is 0.341 e. The molecule has 0 aliphatic rings. The van der Waals surface area contributed by atoms with Crippen LogP contribution in [0.4, 0.5) is 8.78 Å². The van der Waals surface area contributed by atoms with Crippen LogP contribution in [0.5, 0.6) is 5.75 Å². The minimum absolute atomic E-state index is 0.0415. The van der Waals surface area contributed by atoms with Crippen molar-refractivity contribution in [3.63, 3.8) is 0 Å². The third-order valence-electron chi connectivity index (χ3n) is 2.13. The predicted octanol–water partition coefficient (Wildman–Crippen LogP) is 2.73. The molecule has 17 heavy (non-hydrogen) atoms. The van der Waals surface area contributed by atoms with Crippen LogP contribution < -0.4 is 4.74 Å². The number of carbonyl (C=O) groups is 1. The minimum atomic E-state index is -1.20. The number of rotatable bonds is 3. The van der Waals surface area contributed by atoms with Crippen molar-refractivity contribution in [1.82, 2.24) is 0 Å². The van der Waals surface area contributed by atoms with Gasteiger partial charge in [-0.3, -0.25) is 0 Å². The average Bonchev–Trinajstić information content (AvgIpc) is 2.11. The van der Waals surface area contributed by atoms with E-state index in [1.54, 1.807) is 20.8 Å². The molecule has 0 saturated heterocycles. The van der Waals surface area contributed by atoms with Crippen molar-refractivity contribution in [1.29, 1.82) is 0 Å². The first kappa shape index (κ1) is 13.4. The maximum atomic E-state index is 13.7. The predicted molar refractivity (Wildman–Crippen MR) is 58.2 cm³/mol. The molecule has 0 heterocycles. The average molecular weight is 244 g/mol. The molecule has 0 spiro atoms. The van der Waals surface area contributed by atoms with E-state index in [1.165, 1.54) is 0 Å². The molecule has 94 valence electrons. The van der Waals surface area contributed by atoms with Crippen molar-refractivity contribution >= 4 is 5.97 Å². The summed E-state index contributed by atoms with van der Waals surface area (Å²) in [6.07, 6.45) is 0. The fourth-order valence-corrected chi connectivity index (χ4v) is 1.49. The minimum Gasteiger partial charge on any atom is -0.482 e. The van der Waals surface area contributed by atoms with Gasteiger partial charge in [0.05, 0.1) is 0 Å². The molecule has 1 N–H and O–H groups in total. The van der Waals surface area contributed by atoms with Gasteiger partial charge in [-0.25, -0.2) is 13.6 Å². The van der Waals surface area contributed by atoms with Crippen LogP contribution in [-0.2, 0) is 10.2 Å². The highest BCUT2D eigenvalue weighted by molar-refractivity contribution is 5.68. The topological polar surface area (TPSA) is 46.5 Å². The number of hydrogen-bond acceptors (Lipinski definition) is 2. The lowest BCUT2D eigenvalue weighted by atomic mass is 9.86. The van der Waals surface area contributed by atoms with Gasteiger partial charge in [-0.1, -0.05) is 20.8 Å². The van der Waals surface area contributed by atoms with Crippen molar-refractivity contribution in [3.05, 3.63) is 29.3 Å². The standard InChI is InChI=1S/C12H14F2O3/c1-12(2,3)11-8(13)4-7(5-9(11)14)17-6-10(15)16/h4-5H,6H2,1-3H3,(H,15,16). The molecule has 0 atom stereocenters. The lowest BCUT2D eigenvalue weighted by Gasteiger charge is -2.21. The quantitative estimate of drug-likeness (QED) is 0.889. The van der Waals surface area contributed by atoms with Gasteiger partial charge >= 0.3 is 5.97 Å². The Labute approximate surface area is 98.0 Å². The van der Waals surface area contributed by atoms with Crippen molar-refractivity contribution in [2.24, 2.45) is 0 Å². The molecule has 3 nitrogen and oxygen atoms in total. The Bertz CT molecular complexity index is 413. The van der Waals surface area contributed by atoms with Crippen molar-refractivity contribution in [3.8, 4) is 5.75 Å². The molecule has 1 rings (SSSR count). The number of hydrogen-bond donors (Lipinski definition) is 1. The molecule has 0 bridgehead atoms. The zero-order chi connectivity index (χ0) is 13.2. The normalized spacial score (nSPS) is 11.4. The first-order valence-corrected chi connectivity index (χ1v) is 5.06. The third kappa shape index (κ3) is 3.41. The molecular weight excluding hydrogens is 230 g/mol. The van der Waals surface area contributed by atoms with E-state index >= 15 is 0 Å². The fraction of sp³-hybridized carbons (Fsp3) is 0.417. The number of ether oxygens (including phenoxy) is 1. The van der Waals surface area contributed by atoms with Gasteiger partial charge < -0.3 is 9.84 Å². The lowest BCUT2D eigenvalue weighted by Crippen LogP contribution is -2.17. The van der Waals surface area contributed by atoms with Crippen LogP contribution in [0.1, 0.15) is 26.3 Å². The highest BCUT2D eigenvalue weighted by Gasteiger charge is 2.24. The molecule has 0 fully saturated rings. The largest absolute Gasteiger partial charge is 0.482 e. The van der Waals surface area contributed by atoms with Crippen LogP contribution >= 0.6 is 0 Å². The van der Waals surface area contributed by atoms with Crippen LogP contribution in [0.2, 0.25) is 0 Å². The summed E-state index contributed by atoms with van der Waals surface area (Å²) in [5.41, 5.74) is -0.709. The molecule has 0 amide bonds. The van der Waals surface area contributed by atoms with E-state index < -0.39 is 29.6 Å². The molecule has 1 aromatic rings. The first-order chi connectivity index (χ1) is 7.71. The van der Waals surface area contributed by atoms with E-state index in [2.05, 4.69) is 0 Å². The Morgan fingerprint density at radius 1 is 1.29 bits per heavy atom. The summed E-state index contributed by atoms with van der Waals surface area (Å²) in [7, 11) is 0. The summed E-state index contributed by atoms with van der Waals surface area (Å²) in [5, 5.41) is 8.38. The maximum absolute atomic E-state index is 13.7. The number of halogens is 2. The second kappa shape index (κ2) is 4.69. The molecule has 0 aliphatic carbocycles. The number of carboxylic acids is 1. The second-order valence-corrected chi connectivity index (χ2v) is 4.69. The molecule has 1 aromatic carbocycles. The van der Waals surface area contributed by atoms with Gasteiger partial charge in [-0.15, -0.1) is 0 Å². The van der Waals surface area contributed by atoms with E-state index in [0.717, 1.165) is 12.1 Å². The highest BCUT2D eigenvalue weighted by Crippen LogP contribution is 2.30. The van der Waals surface area contributed by atoms with E-state index in [9.17, 15) is 13.6 Å². The van der Waals surface area contributed by atoms with Gasteiger partial charge in [-0.2, -0.15) is 0 Å². The Balaban J connectivity index is 3.06. The lowest BCUT2D eigenvalue weighted by molar-refractivity contribution is -0.139. The summed E-state index contributed by atoms with van der Waals surface area (Å²) >= 11 is 0. The van der Waals surface area contributed by atoms with Crippen LogP contribution in [-0.4, -0.2) is 17.7 Å². The number of carboxylic acid groups (broad SMARTS) is 1. The van der Waals surface area contributed by atoms with E-state index in [1.807, 2.05) is 0 Å². The monoisotopic (exact) mass is 244 g/mol. The van der Waals surface area contributed by atoms with Crippen LogP contribution in [0.15, 0.2) is 12.1 Å². The van der Waals surface area contributed by atoms with Crippen LogP contribution in [0.3, 0.4) is 0 Å². The molecule has 0 unspecified atom stereocenters. The van der Waals surface area contributed by atoms with Crippen molar-refractivity contribution in [2.45, 2.75) is 26.2 Å². The number of aliphatic carboxylic acids is 1. The smallest absolute Gasteiger partial charge is 0.341 e. The summed E-state index contributed by atoms with van der Waals surface area (Å²) < 4.78 is 32.0. The summed E-state index contributed by atoms with van der Waals surface area (Å²) in [6, 6.07) is 1.99. The van der Waals surface area contributed by atoms with Crippen LogP contribution in [0.25, 0.3) is 0 Å².